The lowest BCUT2D eigenvalue weighted by atomic mass is 10.2. The maximum Gasteiger partial charge on any atom is 0.404 e. The molecule has 0 fully saturated rings. The van der Waals surface area contributed by atoms with E-state index < -0.39 is 62.4 Å². The molecule has 0 bridgehead atoms. The van der Waals surface area contributed by atoms with Crippen molar-refractivity contribution in [2.75, 3.05) is 19.0 Å². The molecule has 2 aromatic rings. The van der Waals surface area contributed by atoms with Gasteiger partial charge in [0.2, 0.25) is 10.0 Å². The van der Waals surface area contributed by atoms with Crippen LogP contribution in [0.15, 0.2) is 29.3 Å². The summed E-state index contributed by atoms with van der Waals surface area (Å²) in [5.41, 5.74) is -2.32. The number of hydrogen-bond acceptors (Lipinski definition) is 4. The predicted molar refractivity (Wildman–Crippen MR) is 101 cm³/mol. The van der Waals surface area contributed by atoms with E-state index in [4.69, 9.17) is 4.74 Å². The second-order valence-electron chi connectivity index (χ2n) is 6.72. The Kier molecular flexibility index (Phi) is 8.13. The zero-order chi connectivity index (χ0) is 25.1. The van der Waals surface area contributed by atoms with Crippen LogP contribution in [-0.2, 0) is 21.3 Å². The summed E-state index contributed by atoms with van der Waals surface area (Å²) in [6.07, 6.45) is -7.58. The smallest absolute Gasteiger partial charge is 0.383 e. The largest absolute Gasteiger partial charge is 0.404 e. The zero-order valence-electron chi connectivity index (χ0n) is 17.0. The van der Waals surface area contributed by atoms with E-state index in [1.54, 1.807) is 0 Å². The summed E-state index contributed by atoms with van der Waals surface area (Å²) < 4.78 is 124. The molecule has 0 saturated heterocycles. The maximum atomic E-state index is 15.0. The molecule has 0 radical (unpaired) electrons. The summed E-state index contributed by atoms with van der Waals surface area (Å²) in [5, 5.41) is 2.03. The highest BCUT2D eigenvalue weighted by Gasteiger charge is 2.40. The second kappa shape index (κ2) is 10.1. The van der Waals surface area contributed by atoms with E-state index in [9.17, 15) is 43.9 Å². The Bertz CT molecular complexity index is 1120. The first-order chi connectivity index (χ1) is 15.2. The number of ether oxygens (including phenoxy) is 1. The highest BCUT2D eigenvalue weighted by molar-refractivity contribution is 7.89. The molecule has 1 aromatic carbocycles. The number of nitrogens with zero attached hydrogens (tertiary/aromatic N) is 1. The Morgan fingerprint density at radius 2 is 1.85 bits per heavy atom. The van der Waals surface area contributed by atoms with Crippen LogP contribution in [0.4, 0.5) is 36.4 Å². The molecule has 0 aliphatic rings. The molecule has 1 atom stereocenters. The lowest BCUT2D eigenvalue weighted by Crippen LogP contribution is -2.43. The lowest BCUT2D eigenvalue weighted by Gasteiger charge is -2.16. The van der Waals surface area contributed by atoms with Crippen LogP contribution in [0.2, 0.25) is 0 Å². The van der Waals surface area contributed by atoms with Crippen molar-refractivity contribution in [3.05, 3.63) is 47.3 Å². The number of alkyl halides is 5. The molecule has 33 heavy (non-hydrogen) atoms. The van der Waals surface area contributed by atoms with E-state index in [2.05, 4.69) is 0 Å². The standard InChI is InChI=1S/C18H18F7N3O4S/c1-9(18(23,24)25)27-33(30,31)13-8-28(5-6-32-2)15(14(13)20)17(29)26-10-3-4-12(19)11(7-10)16(21)22/h3-4,7-9,16,27H,5-6H2,1-2H3,(H,26,29)/t9-/m1/s1. The van der Waals surface area contributed by atoms with Gasteiger partial charge < -0.3 is 14.6 Å². The van der Waals surface area contributed by atoms with Crippen LogP contribution in [0, 0.1) is 11.6 Å². The molecular weight excluding hydrogens is 487 g/mol. The number of nitrogens with one attached hydrogen (secondary N) is 2. The number of sulfonamides is 1. The third-order valence-electron chi connectivity index (χ3n) is 4.34. The van der Waals surface area contributed by atoms with Crippen LogP contribution in [0.25, 0.3) is 0 Å². The van der Waals surface area contributed by atoms with Crippen molar-refractivity contribution in [2.24, 2.45) is 0 Å². The average molecular weight is 505 g/mol. The summed E-state index contributed by atoms with van der Waals surface area (Å²) in [4.78, 5) is 11.4. The fraction of sp³-hybridized carbons (Fsp3) is 0.389. The van der Waals surface area contributed by atoms with Gasteiger partial charge in [-0.15, -0.1) is 0 Å². The van der Waals surface area contributed by atoms with Crippen molar-refractivity contribution < 1.29 is 48.7 Å². The first-order valence-electron chi connectivity index (χ1n) is 9.04. The lowest BCUT2D eigenvalue weighted by molar-refractivity contribution is -0.147. The van der Waals surface area contributed by atoms with E-state index in [0.29, 0.717) is 25.3 Å². The van der Waals surface area contributed by atoms with Gasteiger partial charge in [0.05, 0.1) is 12.2 Å². The highest BCUT2D eigenvalue weighted by atomic mass is 32.2. The van der Waals surface area contributed by atoms with Gasteiger partial charge in [-0.3, -0.25) is 4.79 Å². The average Bonchev–Trinajstić information content (AvgIpc) is 3.03. The number of hydrogen-bond donors (Lipinski definition) is 2. The summed E-state index contributed by atoms with van der Waals surface area (Å²) >= 11 is 0. The molecule has 0 unspecified atom stereocenters. The Balaban J connectivity index is 2.46. The SMILES string of the molecule is COCCn1cc(S(=O)(=O)N[C@H](C)C(F)(F)F)c(F)c1C(=O)Nc1ccc(F)c(C(F)F)c1. The van der Waals surface area contributed by atoms with Gasteiger partial charge >= 0.3 is 6.18 Å². The van der Waals surface area contributed by atoms with Gasteiger partial charge in [0.25, 0.3) is 12.3 Å². The summed E-state index contributed by atoms with van der Waals surface area (Å²) in [6, 6.07) is -0.421. The van der Waals surface area contributed by atoms with Crippen molar-refractivity contribution in [1.82, 2.24) is 9.29 Å². The van der Waals surface area contributed by atoms with Gasteiger partial charge in [-0.2, -0.15) is 17.9 Å². The molecule has 0 saturated carbocycles. The molecule has 7 nitrogen and oxygen atoms in total. The molecule has 2 N–H and O–H groups in total. The number of carbonyl (C=O) groups is 1. The number of amides is 1. The Morgan fingerprint density at radius 3 is 2.39 bits per heavy atom. The van der Waals surface area contributed by atoms with Crippen molar-refractivity contribution in [1.29, 1.82) is 0 Å². The quantitative estimate of drug-likeness (QED) is 0.507. The second-order valence-corrected chi connectivity index (χ2v) is 8.40. The number of methoxy groups -OCH3 is 1. The van der Waals surface area contributed by atoms with Gasteiger partial charge in [0.15, 0.2) is 5.82 Å². The third-order valence-corrected chi connectivity index (χ3v) is 5.86. The third kappa shape index (κ3) is 6.23. The Hall–Kier alpha value is -2.65. The van der Waals surface area contributed by atoms with Crippen molar-refractivity contribution in [3.8, 4) is 0 Å². The molecule has 0 spiro atoms. The molecule has 1 aromatic heterocycles. The number of benzene rings is 1. The maximum absolute atomic E-state index is 15.0. The summed E-state index contributed by atoms with van der Waals surface area (Å²) in [5.74, 6) is -4.25. The molecule has 1 amide bonds. The Labute approximate surface area is 183 Å². The van der Waals surface area contributed by atoms with Gasteiger partial charge in [-0.05, 0) is 25.1 Å². The van der Waals surface area contributed by atoms with Crippen molar-refractivity contribution >= 4 is 21.6 Å². The molecule has 184 valence electrons. The van der Waals surface area contributed by atoms with E-state index in [0.717, 1.165) is 10.6 Å². The molecule has 15 heteroatoms. The van der Waals surface area contributed by atoms with Gasteiger partial charge in [-0.1, -0.05) is 0 Å². The molecule has 1 heterocycles. The fourth-order valence-corrected chi connectivity index (χ4v) is 3.96. The first-order valence-corrected chi connectivity index (χ1v) is 10.5. The molecule has 2 rings (SSSR count). The first kappa shape index (κ1) is 26.6. The minimum absolute atomic E-state index is 0.146. The van der Waals surface area contributed by atoms with Crippen LogP contribution >= 0.6 is 0 Å². The summed E-state index contributed by atoms with van der Waals surface area (Å²) in [6.45, 7) is 0.0681. The normalized spacial score (nSPS) is 13.4. The zero-order valence-corrected chi connectivity index (χ0v) is 17.8. The number of rotatable bonds is 9. The van der Waals surface area contributed by atoms with E-state index in [1.807, 2.05) is 5.32 Å². The fourth-order valence-electron chi connectivity index (χ4n) is 2.63. The van der Waals surface area contributed by atoms with Crippen molar-refractivity contribution in [2.45, 2.75) is 37.0 Å². The number of halogens is 7. The number of carbonyl (C=O) groups excluding carboxylic acids is 1. The van der Waals surface area contributed by atoms with E-state index in [1.165, 1.54) is 11.8 Å². The molecular formula is C18H18F7N3O4S. The molecule has 0 aliphatic carbocycles. The summed E-state index contributed by atoms with van der Waals surface area (Å²) in [7, 11) is -3.82. The topological polar surface area (TPSA) is 89.4 Å². The van der Waals surface area contributed by atoms with Gasteiger partial charge in [-0.25, -0.2) is 26.0 Å². The molecule has 0 aliphatic heterocycles. The van der Waals surface area contributed by atoms with E-state index >= 15 is 0 Å². The van der Waals surface area contributed by atoms with Crippen LogP contribution < -0.4 is 10.0 Å². The highest BCUT2D eigenvalue weighted by Crippen LogP contribution is 2.28. The number of aromatic nitrogens is 1. The van der Waals surface area contributed by atoms with Crippen molar-refractivity contribution in [3.63, 3.8) is 0 Å². The minimum Gasteiger partial charge on any atom is -0.383 e. The van der Waals surface area contributed by atoms with Gasteiger partial charge in [0.1, 0.15) is 22.4 Å². The Morgan fingerprint density at radius 1 is 1.21 bits per heavy atom. The van der Waals surface area contributed by atoms with Crippen LogP contribution in [0.3, 0.4) is 0 Å². The minimum atomic E-state index is -5.07. The van der Waals surface area contributed by atoms with Crippen LogP contribution in [-0.4, -0.2) is 44.8 Å². The monoisotopic (exact) mass is 505 g/mol. The number of anilines is 1. The van der Waals surface area contributed by atoms with Crippen LogP contribution in [0.1, 0.15) is 29.4 Å². The van der Waals surface area contributed by atoms with Crippen LogP contribution in [0.5, 0.6) is 0 Å². The van der Waals surface area contributed by atoms with E-state index in [-0.39, 0.29) is 18.8 Å². The predicted octanol–water partition coefficient (Wildman–Crippen LogP) is 3.83. The van der Waals surface area contributed by atoms with Gasteiger partial charge in [0, 0.05) is 25.5 Å².